The minimum Gasteiger partial charge on any atom is -0.496 e. The van der Waals surface area contributed by atoms with E-state index < -0.39 is 0 Å². The van der Waals surface area contributed by atoms with Crippen molar-refractivity contribution in [2.24, 2.45) is 5.73 Å². The average molecular weight is 278 g/mol. The maximum Gasteiger partial charge on any atom is 0.123 e. The predicted octanol–water partition coefficient (Wildman–Crippen LogP) is 2.64. The number of nitrogens with two attached hydrogens (primary N) is 1. The molecule has 0 saturated heterocycles. The highest BCUT2D eigenvalue weighted by molar-refractivity contribution is 7.80. The van der Waals surface area contributed by atoms with E-state index in [1.54, 1.807) is 7.11 Å². The Morgan fingerprint density at radius 2 is 2.21 bits per heavy atom. The standard InChI is InChI=1S/C15H22N2OS/c1-11-3-6-14(18-2)12(9-11)10-17(13-4-5-13)8-7-15(16)19/h3,6,9,13H,4-5,7-8,10H2,1-2H3,(H2,16,19). The molecule has 1 saturated carbocycles. The largest absolute Gasteiger partial charge is 0.496 e. The number of rotatable bonds is 7. The van der Waals surface area contributed by atoms with Gasteiger partial charge in [0, 0.05) is 31.1 Å². The van der Waals surface area contributed by atoms with Gasteiger partial charge in [0.1, 0.15) is 5.75 Å². The zero-order valence-electron chi connectivity index (χ0n) is 11.7. The van der Waals surface area contributed by atoms with Crippen LogP contribution in [0.4, 0.5) is 0 Å². The molecule has 104 valence electrons. The lowest BCUT2D eigenvalue weighted by Gasteiger charge is -2.23. The normalized spacial score (nSPS) is 14.7. The summed E-state index contributed by atoms with van der Waals surface area (Å²) >= 11 is 4.98. The third kappa shape index (κ3) is 4.18. The number of methoxy groups -OCH3 is 1. The Hall–Kier alpha value is -1.13. The van der Waals surface area contributed by atoms with Crippen molar-refractivity contribution in [1.29, 1.82) is 0 Å². The van der Waals surface area contributed by atoms with Crippen LogP contribution in [0.25, 0.3) is 0 Å². The fraction of sp³-hybridized carbons (Fsp3) is 0.533. The van der Waals surface area contributed by atoms with Crippen molar-refractivity contribution in [2.45, 2.75) is 38.8 Å². The first kappa shape index (κ1) is 14.3. The molecule has 1 aromatic carbocycles. The molecule has 0 amide bonds. The molecule has 0 heterocycles. The summed E-state index contributed by atoms with van der Waals surface area (Å²) < 4.78 is 5.45. The lowest BCUT2D eigenvalue weighted by Crippen LogP contribution is -2.29. The van der Waals surface area contributed by atoms with Crippen molar-refractivity contribution in [2.75, 3.05) is 13.7 Å². The third-order valence-electron chi connectivity index (χ3n) is 3.52. The smallest absolute Gasteiger partial charge is 0.123 e. The molecule has 0 aliphatic heterocycles. The van der Waals surface area contributed by atoms with Gasteiger partial charge in [0.15, 0.2) is 0 Å². The number of benzene rings is 1. The van der Waals surface area contributed by atoms with Gasteiger partial charge in [-0.15, -0.1) is 0 Å². The second-order valence-electron chi connectivity index (χ2n) is 5.23. The van der Waals surface area contributed by atoms with E-state index in [-0.39, 0.29) is 0 Å². The summed E-state index contributed by atoms with van der Waals surface area (Å²) in [4.78, 5) is 3.07. The number of nitrogens with zero attached hydrogens (tertiary/aromatic N) is 1. The lowest BCUT2D eigenvalue weighted by atomic mass is 10.1. The van der Waals surface area contributed by atoms with E-state index in [9.17, 15) is 0 Å². The second kappa shape index (κ2) is 6.35. The summed E-state index contributed by atoms with van der Waals surface area (Å²) in [5.41, 5.74) is 8.13. The van der Waals surface area contributed by atoms with Gasteiger partial charge in [-0.05, 0) is 25.8 Å². The van der Waals surface area contributed by atoms with Gasteiger partial charge < -0.3 is 10.5 Å². The van der Waals surface area contributed by atoms with E-state index in [1.165, 1.54) is 24.0 Å². The molecule has 2 N–H and O–H groups in total. The van der Waals surface area contributed by atoms with Gasteiger partial charge in [-0.3, -0.25) is 4.90 Å². The van der Waals surface area contributed by atoms with Crippen molar-refractivity contribution in [3.05, 3.63) is 29.3 Å². The van der Waals surface area contributed by atoms with Crippen LogP contribution in [-0.2, 0) is 6.54 Å². The Morgan fingerprint density at radius 1 is 1.47 bits per heavy atom. The van der Waals surface area contributed by atoms with Crippen LogP contribution in [0.1, 0.15) is 30.4 Å². The molecular weight excluding hydrogens is 256 g/mol. The minimum absolute atomic E-state index is 0.599. The second-order valence-corrected chi connectivity index (χ2v) is 5.76. The van der Waals surface area contributed by atoms with Crippen molar-refractivity contribution < 1.29 is 4.74 Å². The molecule has 1 aromatic rings. The molecule has 0 aromatic heterocycles. The van der Waals surface area contributed by atoms with Crippen LogP contribution in [0, 0.1) is 6.92 Å². The first-order chi connectivity index (χ1) is 9.10. The van der Waals surface area contributed by atoms with Crippen LogP contribution in [-0.4, -0.2) is 29.6 Å². The Bertz CT molecular complexity index is 457. The molecule has 19 heavy (non-hydrogen) atoms. The Morgan fingerprint density at radius 3 is 2.79 bits per heavy atom. The van der Waals surface area contributed by atoms with Crippen molar-refractivity contribution >= 4 is 17.2 Å². The molecule has 0 spiro atoms. The van der Waals surface area contributed by atoms with Gasteiger partial charge in [-0.2, -0.15) is 0 Å². The number of hydrogen-bond donors (Lipinski definition) is 1. The topological polar surface area (TPSA) is 38.5 Å². The van der Waals surface area contributed by atoms with Crippen molar-refractivity contribution in [3.8, 4) is 5.75 Å². The molecule has 4 heteroatoms. The highest BCUT2D eigenvalue weighted by atomic mass is 32.1. The van der Waals surface area contributed by atoms with E-state index >= 15 is 0 Å². The monoisotopic (exact) mass is 278 g/mol. The maximum absolute atomic E-state index is 5.61. The molecule has 0 bridgehead atoms. The number of aryl methyl sites for hydroxylation is 1. The Kier molecular flexibility index (Phi) is 4.77. The molecule has 1 aliphatic carbocycles. The summed E-state index contributed by atoms with van der Waals surface area (Å²) in [5.74, 6) is 0.964. The van der Waals surface area contributed by atoms with Crippen LogP contribution >= 0.6 is 12.2 Å². The number of hydrogen-bond acceptors (Lipinski definition) is 3. The number of ether oxygens (including phenoxy) is 1. The SMILES string of the molecule is COc1ccc(C)cc1CN(CCC(N)=S)C1CC1. The van der Waals surface area contributed by atoms with E-state index in [4.69, 9.17) is 22.7 Å². The molecule has 3 nitrogen and oxygen atoms in total. The fourth-order valence-corrected chi connectivity index (χ4v) is 2.43. The highest BCUT2D eigenvalue weighted by Crippen LogP contribution is 2.30. The quantitative estimate of drug-likeness (QED) is 0.778. The molecule has 1 fully saturated rings. The molecule has 0 unspecified atom stereocenters. The van der Waals surface area contributed by atoms with Crippen LogP contribution in [0.15, 0.2) is 18.2 Å². The van der Waals surface area contributed by atoms with E-state index in [0.717, 1.165) is 25.3 Å². The van der Waals surface area contributed by atoms with Crippen molar-refractivity contribution in [1.82, 2.24) is 4.90 Å². The Balaban J connectivity index is 2.07. The van der Waals surface area contributed by atoms with Gasteiger partial charge in [0.2, 0.25) is 0 Å². The van der Waals surface area contributed by atoms with Crippen LogP contribution in [0.3, 0.4) is 0 Å². The highest BCUT2D eigenvalue weighted by Gasteiger charge is 2.29. The van der Waals surface area contributed by atoms with E-state index in [2.05, 4.69) is 24.0 Å². The summed E-state index contributed by atoms with van der Waals surface area (Å²) in [6.45, 7) is 3.97. The zero-order chi connectivity index (χ0) is 13.8. The minimum atomic E-state index is 0.599. The van der Waals surface area contributed by atoms with E-state index in [1.807, 2.05) is 6.07 Å². The van der Waals surface area contributed by atoms with Crippen LogP contribution in [0.2, 0.25) is 0 Å². The Labute approximate surface area is 120 Å². The molecule has 0 atom stereocenters. The van der Waals surface area contributed by atoms with Crippen molar-refractivity contribution in [3.63, 3.8) is 0 Å². The zero-order valence-corrected chi connectivity index (χ0v) is 12.5. The lowest BCUT2D eigenvalue weighted by molar-refractivity contribution is 0.258. The maximum atomic E-state index is 5.61. The molecular formula is C15H22N2OS. The molecule has 1 aliphatic rings. The first-order valence-electron chi connectivity index (χ1n) is 6.76. The number of thiocarbonyl (C=S) groups is 1. The van der Waals surface area contributed by atoms with E-state index in [0.29, 0.717) is 11.0 Å². The van der Waals surface area contributed by atoms with Gasteiger partial charge in [-0.25, -0.2) is 0 Å². The summed E-state index contributed by atoms with van der Waals surface area (Å²) in [7, 11) is 1.73. The molecule has 0 radical (unpaired) electrons. The first-order valence-corrected chi connectivity index (χ1v) is 7.17. The van der Waals surface area contributed by atoms with Gasteiger partial charge in [-0.1, -0.05) is 29.9 Å². The van der Waals surface area contributed by atoms with Gasteiger partial charge >= 0.3 is 0 Å². The fourth-order valence-electron chi connectivity index (χ4n) is 2.33. The summed E-state index contributed by atoms with van der Waals surface area (Å²) in [5, 5.41) is 0. The van der Waals surface area contributed by atoms with Crippen LogP contribution < -0.4 is 10.5 Å². The third-order valence-corrected chi connectivity index (χ3v) is 3.72. The molecule has 2 rings (SSSR count). The summed E-state index contributed by atoms with van der Waals surface area (Å²) in [6.07, 6.45) is 3.36. The van der Waals surface area contributed by atoms with Gasteiger partial charge in [0.25, 0.3) is 0 Å². The van der Waals surface area contributed by atoms with Crippen LogP contribution in [0.5, 0.6) is 5.75 Å². The average Bonchev–Trinajstić information content (AvgIpc) is 3.18. The van der Waals surface area contributed by atoms with Gasteiger partial charge in [0.05, 0.1) is 12.1 Å². The summed E-state index contributed by atoms with van der Waals surface area (Å²) in [6, 6.07) is 7.02. The predicted molar refractivity (Wildman–Crippen MR) is 82.6 cm³/mol.